The van der Waals surface area contributed by atoms with Crippen molar-refractivity contribution in [3.8, 4) is 11.1 Å². The van der Waals surface area contributed by atoms with Crippen LogP contribution in [-0.2, 0) is 4.79 Å². The van der Waals surface area contributed by atoms with Crippen LogP contribution in [0.5, 0.6) is 0 Å². The minimum Gasteiger partial charge on any atom is -0.431 e. The lowest BCUT2D eigenvalue weighted by atomic mass is 10.1. The Morgan fingerprint density at radius 3 is 2.35 bits per heavy atom. The van der Waals surface area contributed by atoms with E-state index in [4.69, 9.17) is 4.42 Å². The first-order chi connectivity index (χ1) is 12.8. The molecule has 3 aromatic carbocycles. The SMILES string of the molecule is O=C(CSc1nc2ccccc2o1)Nc1ccc(-c2ccccc2)cc1. The number of nitrogens with one attached hydrogen (secondary N) is 1. The zero-order chi connectivity index (χ0) is 17.8. The fourth-order valence-electron chi connectivity index (χ4n) is 2.61. The number of hydrogen-bond donors (Lipinski definition) is 1. The van der Waals surface area contributed by atoms with Gasteiger partial charge < -0.3 is 9.73 Å². The minimum absolute atomic E-state index is 0.0929. The molecule has 26 heavy (non-hydrogen) atoms. The molecule has 5 heteroatoms. The Kier molecular flexibility index (Phi) is 4.71. The maximum absolute atomic E-state index is 12.2. The highest BCUT2D eigenvalue weighted by molar-refractivity contribution is 7.99. The summed E-state index contributed by atoms with van der Waals surface area (Å²) in [6.45, 7) is 0. The van der Waals surface area contributed by atoms with Crippen molar-refractivity contribution in [2.45, 2.75) is 5.22 Å². The van der Waals surface area contributed by atoms with Gasteiger partial charge in [0.25, 0.3) is 5.22 Å². The Labute approximate surface area is 155 Å². The summed E-state index contributed by atoms with van der Waals surface area (Å²) in [5.41, 5.74) is 4.56. The zero-order valence-corrected chi connectivity index (χ0v) is 14.7. The van der Waals surface area contributed by atoms with Gasteiger partial charge in [-0.15, -0.1) is 0 Å². The predicted molar refractivity (Wildman–Crippen MR) is 105 cm³/mol. The number of carbonyl (C=O) groups excluding carboxylic acids is 1. The molecule has 0 fully saturated rings. The monoisotopic (exact) mass is 360 g/mol. The largest absolute Gasteiger partial charge is 0.431 e. The molecule has 1 N–H and O–H groups in total. The number of nitrogens with zero attached hydrogens (tertiary/aromatic N) is 1. The van der Waals surface area contributed by atoms with E-state index in [1.54, 1.807) is 0 Å². The fraction of sp³-hybridized carbons (Fsp3) is 0.0476. The maximum atomic E-state index is 12.2. The van der Waals surface area contributed by atoms with Crippen LogP contribution in [0.1, 0.15) is 0 Å². The highest BCUT2D eigenvalue weighted by Gasteiger charge is 2.09. The first-order valence-corrected chi connectivity index (χ1v) is 9.20. The van der Waals surface area contributed by atoms with Gasteiger partial charge in [-0.3, -0.25) is 4.79 Å². The van der Waals surface area contributed by atoms with E-state index in [2.05, 4.69) is 22.4 Å². The molecule has 0 spiro atoms. The molecule has 0 bridgehead atoms. The zero-order valence-electron chi connectivity index (χ0n) is 13.9. The van der Waals surface area contributed by atoms with Gasteiger partial charge in [0.2, 0.25) is 5.91 Å². The van der Waals surface area contributed by atoms with Crippen molar-refractivity contribution in [1.82, 2.24) is 4.98 Å². The second-order valence-corrected chi connectivity index (χ2v) is 6.65. The van der Waals surface area contributed by atoms with Gasteiger partial charge in [0.15, 0.2) is 5.58 Å². The van der Waals surface area contributed by atoms with Crippen molar-refractivity contribution >= 4 is 34.5 Å². The third-order valence-electron chi connectivity index (χ3n) is 3.88. The van der Waals surface area contributed by atoms with E-state index in [9.17, 15) is 4.79 Å². The van der Waals surface area contributed by atoms with Crippen molar-refractivity contribution < 1.29 is 9.21 Å². The van der Waals surface area contributed by atoms with Crippen LogP contribution in [0.3, 0.4) is 0 Å². The summed E-state index contributed by atoms with van der Waals surface area (Å²) < 4.78 is 5.61. The van der Waals surface area contributed by atoms with Crippen molar-refractivity contribution in [3.05, 3.63) is 78.9 Å². The lowest BCUT2D eigenvalue weighted by molar-refractivity contribution is -0.113. The lowest BCUT2D eigenvalue weighted by Crippen LogP contribution is -2.13. The normalized spacial score (nSPS) is 10.8. The molecule has 0 atom stereocenters. The summed E-state index contributed by atoms with van der Waals surface area (Å²) in [7, 11) is 0. The van der Waals surface area contributed by atoms with Crippen LogP contribution >= 0.6 is 11.8 Å². The number of fused-ring (bicyclic) bond motifs is 1. The fourth-order valence-corrected chi connectivity index (χ4v) is 3.25. The Morgan fingerprint density at radius 1 is 0.885 bits per heavy atom. The van der Waals surface area contributed by atoms with Crippen LogP contribution in [-0.4, -0.2) is 16.6 Å². The molecule has 4 nitrogen and oxygen atoms in total. The predicted octanol–water partition coefficient (Wildman–Crippen LogP) is 5.23. The Morgan fingerprint density at radius 2 is 1.58 bits per heavy atom. The second kappa shape index (κ2) is 7.45. The van der Waals surface area contributed by atoms with Gasteiger partial charge in [-0.25, -0.2) is 4.98 Å². The van der Waals surface area contributed by atoms with E-state index < -0.39 is 0 Å². The van der Waals surface area contributed by atoms with Crippen molar-refractivity contribution in [1.29, 1.82) is 0 Å². The minimum atomic E-state index is -0.0929. The van der Waals surface area contributed by atoms with E-state index in [0.717, 1.165) is 27.9 Å². The number of thioether (sulfide) groups is 1. The van der Waals surface area contributed by atoms with Crippen LogP contribution < -0.4 is 5.32 Å². The highest BCUT2D eigenvalue weighted by atomic mass is 32.2. The molecule has 0 aliphatic rings. The number of hydrogen-bond acceptors (Lipinski definition) is 4. The average Bonchev–Trinajstić information content (AvgIpc) is 3.11. The molecule has 0 unspecified atom stereocenters. The van der Waals surface area contributed by atoms with E-state index in [-0.39, 0.29) is 11.7 Å². The topological polar surface area (TPSA) is 55.1 Å². The first-order valence-electron chi connectivity index (χ1n) is 8.22. The molecule has 1 amide bonds. The molecule has 0 aliphatic carbocycles. The Balaban J connectivity index is 1.35. The van der Waals surface area contributed by atoms with Gasteiger partial charge in [0, 0.05) is 5.69 Å². The summed E-state index contributed by atoms with van der Waals surface area (Å²) in [5, 5.41) is 3.40. The lowest BCUT2D eigenvalue weighted by Gasteiger charge is -2.06. The summed E-state index contributed by atoms with van der Waals surface area (Å²) in [4.78, 5) is 16.5. The Bertz CT molecular complexity index is 994. The molecule has 4 rings (SSSR count). The van der Waals surface area contributed by atoms with Crippen molar-refractivity contribution in [3.63, 3.8) is 0 Å². The van der Waals surface area contributed by atoms with Crippen LogP contribution in [0.15, 0.2) is 88.5 Å². The highest BCUT2D eigenvalue weighted by Crippen LogP contribution is 2.24. The number of amides is 1. The molecule has 1 aromatic heterocycles. The van der Waals surface area contributed by atoms with Gasteiger partial charge >= 0.3 is 0 Å². The number of para-hydroxylation sites is 2. The molecule has 1 heterocycles. The number of anilines is 1. The number of carbonyl (C=O) groups is 1. The second-order valence-electron chi connectivity index (χ2n) is 5.73. The number of rotatable bonds is 5. The summed E-state index contributed by atoms with van der Waals surface area (Å²) in [5.74, 6) is 0.150. The number of aromatic nitrogens is 1. The third-order valence-corrected chi connectivity index (χ3v) is 4.70. The van der Waals surface area contributed by atoms with Crippen LogP contribution in [0.25, 0.3) is 22.2 Å². The van der Waals surface area contributed by atoms with Gasteiger partial charge in [-0.2, -0.15) is 0 Å². The standard InChI is InChI=1S/C21H16N2O2S/c24-20(14-26-21-23-18-8-4-5-9-19(18)25-21)22-17-12-10-16(11-13-17)15-6-2-1-3-7-15/h1-13H,14H2,(H,22,24). The molecule has 4 aromatic rings. The van der Waals surface area contributed by atoms with Crippen LogP contribution in [0.4, 0.5) is 5.69 Å². The molecule has 0 saturated heterocycles. The van der Waals surface area contributed by atoms with Crippen molar-refractivity contribution in [2.75, 3.05) is 11.1 Å². The Hall–Kier alpha value is -3.05. The van der Waals surface area contributed by atoms with E-state index in [1.807, 2.05) is 66.7 Å². The van der Waals surface area contributed by atoms with Gasteiger partial charge in [0.1, 0.15) is 5.52 Å². The molecule has 0 radical (unpaired) electrons. The molecular weight excluding hydrogens is 344 g/mol. The van der Waals surface area contributed by atoms with Gasteiger partial charge in [-0.05, 0) is 35.4 Å². The van der Waals surface area contributed by atoms with E-state index in [0.29, 0.717) is 5.22 Å². The summed E-state index contributed by atoms with van der Waals surface area (Å²) in [6.07, 6.45) is 0. The quantitative estimate of drug-likeness (QED) is 0.495. The summed E-state index contributed by atoms with van der Waals surface area (Å²) >= 11 is 1.28. The molecular formula is C21H16N2O2S. The number of oxazole rings is 1. The van der Waals surface area contributed by atoms with Crippen LogP contribution in [0.2, 0.25) is 0 Å². The third kappa shape index (κ3) is 3.78. The molecule has 0 saturated carbocycles. The van der Waals surface area contributed by atoms with Gasteiger partial charge in [-0.1, -0.05) is 66.4 Å². The molecule has 128 valence electrons. The van der Waals surface area contributed by atoms with E-state index >= 15 is 0 Å². The van der Waals surface area contributed by atoms with Crippen LogP contribution in [0, 0.1) is 0 Å². The van der Waals surface area contributed by atoms with Gasteiger partial charge in [0.05, 0.1) is 5.75 Å². The van der Waals surface area contributed by atoms with E-state index in [1.165, 1.54) is 11.8 Å². The van der Waals surface area contributed by atoms with Crippen molar-refractivity contribution in [2.24, 2.45) is 0 Å². The smallest absolute Gasteiger partial charge is 0.257 e. The summed E-state index contributed by atoms with van der Waals surface area (Å²) in [6, 6.07) is 25.5. The maximum Gasteiger partial charge on any atom is 0.257 e. The first kappa shape index (κ1) is 16.4. The number of benzene rings is 3. The molecule has 0 aliphatic heterocycles. The average molecular weight is 360 g/mol.